The first-order valence-electron chi connectivity index (χ1n) is 10.1. The Labute approximate surface area is 169 Å². The number of rotatable bonds is 3. The Bertz CT molecular complexity index is 873. The van der Waals surface area contributed by atoms with Gasteiger partial charge in [0.25, 0.3) is 5.91 Å². The Morgan fingerprint density at radius 1 is 1.17 bits per heavy atom. The maximum atomic E-state index is 13.0. The monoisotopic (exact) mass is 398 g/mol. The maximum Gasteiger partial charge on any atom is 0.322 e. The van der Waals surface area contributed by atoms with Crippen molar-refractivity contribution in [3.63, 3.8) is 0 Å². The van der Waals surface area contributed by atoms with Crippen LogP contribution in [0.2, 0.25) is 0 Å². The highest BCUT2D eigenvalue weighted by Gasteiger charge is 2.49. The van der Waals surface area contributed by atoms with Gasteiger partial charge in [0.05, 0.1) is 5.92 Å². The number of imide groups is 1. The Morgan fingerprint density at radius 3 is 2.52 bits per heavy atom. The number of anilines is 1. The third-order valence-corrected chi connectivity index (χ3v) is 6.27. The number of piperidine rings is 1. The van der Waals surface area contributed by atoms with Crippen LogP contribution in [0.5, 0.6) is 0 Å². The van der Waals surface area contributed by atoms with Crippen LogP contribution in [-0.2, 0) is 14.4 Å². The Balaban J connectivity index is 1.41. The molecule has 8 heteroatoms. The van der Waals surface area contributed by atoms with E-state index in [-0.39, 0.29) is 30.1 Å². The van der Waals surface area contributed by atoms with Gasteiger partial charge in [-0.1, -0.05) is 26.0 Å². The second kappa shape index (κ2) is 7.17. The average Bonchev–Trinajstić information content (AvgIpc) is 3.21. The van der Waals surface area contributed by atoms with E-state index in [1.165, 1.54) is 0 Å². The molecule has 0 unspecified atom stereocenters. The van der Waals surface area contributed by atoms with Gasteiger partial charge in [-0.25, -0.2) is 4.79 Å². The van der Waals surface area contributed by atoms with Crippen LogP contribution < -0.4 is 15.5 Å². The van der Waals surface area contributed by atoms with Gasteiger partial charge < -0.3 is 15.1 Å². The van der Waals surface area contributed by atoms with Gasteiger partial charge in [-0.3, -0.25) is 19.7 Å². The number of likely N-dealkylation sites (tertiary alicyclic amines) is 1. The summed E-state index contributed by atoms with van der Waals surface area (Å²) in [4.78, 5) is 52.5. The molecule has 0 saturated carbocycles. The fourth-order valence-electron chi connectivity index (χ4n) is 4.42. The smallest absolute Gasteiger partial charge is 0.322 e. The lowest BCUT2D eigenvalue weighted by atomic mass is 9.87. The summed E-state index contributed by atoms with van der Waals surface area (Å²) in [7, 11) is 0. The molecule has 0 aliphatic carbocycles. The number of carbonyl (C=O) groups is 4. The molecule has 5 amide bonds. The van der Waals surface area contributed by atoms with Crippen molar-refractivity contribution < 1.29 is 19.2 Å². The van der Waals surface area contributed by atoms with E-state index < -0.39 is 11.6 Å². The molecule has 1 aromatic carbocycles. The molecule has 1 atom stereocenters. The second-order valence-corrected chi connectivity index (χ2v) is 8.47. The largest absolute Gasteiger partial charge is 0.342 e. The quantitative estimate of drug-likeness (QED) is 0.751. The third kappa shape index (κ3) is 3.47. The van der Waals surface area contributed by atoms with Crippen LogP contribution in [0, 0.1) is 5.92 Å². The lowest BCUT2D eigenvalue weighted by molar-refractivity contribution is -0.139. The van der Waals surface area contributed by atoms with Gasteiger partial charge in [-0.15, -0.1) is 0 Å². The van der Waals surface area contributed by atoms with Crippen LogP contribution in [0.15, 0.2) is 24.3 Å². The first-order valence-corrected chi connectivity index (χ1v) is 10.1. The zero-order valence-electron chi connectivity index (χ0n) is 16.7. The van der Waals surface area contributed by atoms with Crippen LogP contribution in [0.1, 0.15) is 44.6 Å². The van der Waals surface area contributed by atoms with Gasteiger partial charge in [0, 0.05) is 31.7 Å². The van der Waals surface area contributed by atoms with E-state index in [0.717, 1.165) is 11.3 Å². The molecule has 2 N–H and O–H groups in total. The molecule has 1 spiro atoms. The number of hydrogen-bond acceptors (Lipinski definition) is 4. The zero-order chi connectivity index (χ0) is 20.8. The van der Waals surface area contributed by atoms with E-state index >= 15 is 0 Å². The molecule has 0 bridgehead atoms. The maximum absolute atomic E-state index is 13.0. The lowest BCUT2D eigenvalue weighted by Crippen LogP contribution is -2.56. The Kier molecular flexibility index (Phi) is 4.80. The summed E-state index contributed by atoms with van der Waals surface area (Å²) >= 11 is 0. The van der Waals surface area contributed by atoms with Crippen LogP contribution in [0.3, 0.4) is 0 Å². The molecule has 154 valence electrons. The fraction of sp³-hybridized carbons (Fsp3) is 0.524. The highest BCUT2D eigenvalue weighted by atomic mass is 16.2. The first-order chi connectivity index (χ1) is 13.8. The SMILES string of the molecule is CC(C)c1cccc(N2C[C@@H](C(=O)N3CCC4(CC3)NC(=O)NC4=O)CC2=O)c1. The number of nitrogens with one attached hydrogen (secondary N) is 2. The summed E-state index contributed by atoms with van der Waals surface area (Å²) in [5.41, 5.74) is 1.09. The number of carbonyl (C=O) groups excluding carboxylic acids is 4. The first kappa shape index (κ1) is 19.4. The molecule has 0 aromatic heterocycles. The van der Waals surface area contributed by atoms with Crippen molar-refractivity contribution in [2.45, 2.75) is 44.6 Å². The molecule has 0 radical (unpaired) electrons. The van der Waals surface area contributed by atoms with Crippen molar-refractivity contribution in [3.05, 3.63) is 29.8 Å². The van der Waals surface area contributed by atoms with Crippen molar-refractivity contribution in [3.8, 4) is 0 Å². The van der Waals surface area contributed by atoms with E-state index in [4.69, 9.17) is 0 Å². The molecule has 3 aliphatic heterocycles. The number of hydrogen-bond donors (Lipinski definition) is 2. The van der Waals surface area contributed by atoms with Gasteiger partial charge in [0.1, 0.15) is 5.54 Å². The van der Waals surface area contributed by atoms with Crippen molar-refractivity contribution in [1.82, 2.24) is 15.5 Å². The molecule has 1 aromatic rings. The third-order valence-electron chi connectivity index (χ3n) is 6.27. The standard InChI is InChI=1S/C21H26N4O4/c1-13(2)14-4-3-5-16(10-14)25-12-15(11-17(25)26)18(27)24-8-6-21(7-9-24)19(28)22-20(29)23-21/h3-5,10,13,15H,6-9,11-12H2,1-2H3,(H2,22,23,28,29)/t15-/m0/s1. The van der Waals surface area contributed by atoms with E-state index in [1.807, 2.05) is 24.3 Å². The van der Waals surface area contributed by atoms with Crippen LogP contribution in [-0.4, -0.2) is 53.8 Å². The molecule has 3 fully saturated rings. The fourth-order valence-corrected chi connectivity index (χ4v) is 4.42. The zero-order valence-corrected chi connectivity index (χ0v) is 16.7. The van der Waals surface area contributed by atoms with Crippen LogP contribution in [0.4, 0.5) is 10.5 Å². The summed E-state index contributed by atoms with van der Waals surface area (Å²) in [6, 6.07) is 7.43. The minimum Gasteiger partial charge on any atom is -0.342 e. The molecule has 3 saturated heterocycles. The number of benzene rings is 1. The molecular formula is C21H26N4O4. The van der Waals surface area contributed by atoms with Gasteiger partial charge in [-0.2, -0.15) is 0 Å². The van der Waals surface area contributed by atoms with Crippen molar-refractivity contribution >= 4 is 29.4 Å². The summed E-state index contributed by atoms with van der Waals surface area (Å²) in [6.07, 6.45) is 0.970. The highest BCUT2D eigenvalue weighted by molar-refractivity contribution is 6.07. The predicted octanol–water partition coefficient (Wildman–Crippen LogP) is 1.36. The summed E-state index contributed by atoms with van der Waals surface area (Å²) < 4.78 is 0. The Morgan fingerprint density at radius 2 is 1.90 bits per heavy atom. The van der Waals surface area contributed by atoms with Crippen molar-refractivity contribution in [2.75, 3.05) is 24.5 Å². The summed E-state index contributed by atoms with van der Waals surface area (Å²) in [5, 5.41) is 4.97. The molecular weight excluding hydrogens is 372 g/mol. The van der Waals surface area contributed by atoms with Crippen molar-refractivity contribution in [2.24, 2.45) is 5.92 Å². The molecule has 4 rings (SSSR count). The minimum atomic E-state index is -0.900. The number of amides is 5. The molecule has 8 nitrogen and oxygen atoms in total. The van der Waals surface area contributed by atoms with E-state index in [0.29, 0.717) is 38.4 Å². The van der Waals surface area contributed by atoms with E-state index in [1.54, 1.807) is 9.80 Å². The summed E-state index contributed by atoms with van der Waals surface area (Å²) in [6.45, 7) is 5.36. The Hall–Kier alpha value is -2.90. The second-order valence-electron chi connectivity index (χ2n) is 8.47. The summed E-state index contributed by atoms with van der Waals surface area (Å²) in [5.74, 6) is -0.437. The van der Waals surface area contributed by atoms with Crippen molar-refractivity contribution in [1.29, 1.82) is 0 Å². The number of nitrogens with zero attached hydrogens (tertiary/aromatic N) is 2. The lowest BCUT2D eigenvalue weighted by Gasteiger charge is -2.37. The topological polar surface area (TPSA) is 98.8 Å². The van der Waals surface area contributed by atoms with Gasteiger partial charge in [0.15, 0.2) is 0 Å². The van der Waals surface area contributed by atoms with Gasteiger partial charge >= 0.3 is 6.03 Å². The molecule has 3 aliphatic rings. The average molecular weight is 398 g/mol. The number of urea groups is 1. The molecule has 3 heterocycles. The van der Waals surface area contributed by atoms with E-state index in [9.17, 15) is 19.2 Å². The van der Waals surface area contributed by atoms with Gasteiger partial charge in [-0.05, 0) is 36.5 Å². The highest BCUT2D eigenvalue weighted by Crippen LogP contribution is 2.31. The van der Waals surface area contributed by atoms with Crippen LogP contribution in [0.25, 0.3) is 0 Å². The van der Waals surface area contributed by atoms with Crippen LogP contribution >= 0.6 is 0 Å². The minimum absolute atomic E-state index is 0.0415. The van der Waals surface area contributed by atoms with Gasteiger partial charge in [0.2, 0.25) is 11.8 Å². The van der Waals surface area contributed by atoms with E-state index in [2.05, 4.69) is 24.5 Å². The normalized spacial score (nSPS) is 23.7. The predicted molar refractivity (Wildman–Crippen MR) is 106 cm³/mol. The molecule has 29 heavy (non-hydrogen) atoms.